The summed E-state index contributed by atoms with van der Waals surface area (Å²) in [5.74, 6) is -0.289. The smallest absolute Gasteiger partial charge is 0.322 e. The predicted octanol–water partition coefficient (Wildman–Crippen LogP) is 3.53. The van der Waals surface area contributed by atoms with Crippen molar-refractivity contribution in [2.24, 2.45) is 0 Å². The van der Waals surface area contributed by atoms with Crippen molar-refractivity contribution < 1.29 is 13.2 Å². The molecular formula is C22H20N4O4S. The minimum atomic E-state index is -3.87. The zero-order valence-corrected chi connectivity index (χ0v) is 17.6. The summed E-state index contributed by atoms with van der Waals surface area (Å²) in [7, 11) is -3.87. The normalized spacial score (nSPS) is 11.4. The average Bonchev–Trinajstić information content (AvgIpc) is 3.09. The SMILES string of the molecule is Cc1ccc(NC(=O)c2ccc(NS(=O)(=O)c3ccc4[nH]c(=O)[nH]c4c3)cc2)c(C)c1. The number of H-pyrrole nitrogens is 2. The van der Waals surface area contributed by atoms with Crippen LogP contribution in [-0.4, -0.2) is 24.3 Å². The van der Waals surface area contributed by atoms with E-state index in [1.807, 2.05) is 32.0 Å². The molecule has 31 heavy (non-hydrogen) atoms. The maximum atomic E-state index is 12.7. The Labute approximate surface area is 178 Å². The number of aromatic nitrogens is 2. The predicted molar refractivity (Wildman–Crippen MR) is 120 cm³/mol. The largest absolute Gasteiger partial charge is 0.323 e. The Morgan fingerprint density at radius 2 is 1.58 bits per heavy atom. The monoisotopic (exact) mass is 436 g/mol. The number of carbonyl (C=O) groups is 1. The lowest BCUT2D eigenvalue weighted by Crippen LogP contribution is -2.14. The maximum absolute atomic E-state index is 12.7. The van der Waals surface area contributed by atoms with E-state index in [1.165, 1.54) is 30.3 Å². The third-order valence-electron chi connectivity index (χ3n) is 4.83. The Hall–Kier alpha value is -3.85. The Balaban J connectivity index is 1.50. The van der Waals surface area contributed by atoms with E-state index in [0.29, 0.717) is 22.3 Å². The minimum Gasteiger partial charge on any atom is -0.322 e. The van der Waals surface area contributed by atoms with Crippen LogP contribution in [0, 0.1) is 13.8 Å². The lowest BCUT2D eigenvalue weighted by molar-refractivity contribution is 0.102. The molecule has 1 heterocycles. The zero-order chi connectivity index (χ0) is 22.2. The number of hydrogen-bond acceptors (Lipinski definition) is 4. The van der Waals surface area contributed by atoms with Gasteiger partial charge in [-0.05, 0) is 67.9 Å². The Morgan fingerprint density at radius 1 is 0.871 bits per heavy atom. The van der Waals surface area contributed by atoms with Crippen molar-refractivity contribution in [3.63, 3.8) is 0 Å². The van der Waals surface area contributed by atoms with E-state index >= 15 is 0 Å². The molecule has 4 rings (SSSR count). The second-order valence-corrected chi connectivity index (χ2v) is 8.92. The molecule has 0 saturated carbocycles. The quantitative estimate of drug-likeness (QED) is 0.382. The van der Waals surface area contributed by atoms with Crippen LogP contribution in [0.2, 0.25) is 0 Å². The molecule has 0 aliphatic carbocycles. The molecule has 3 aromatic carbocycles. The molecule has 0 unspecified atom stereocenters. The van der Waals surface area contributed by atoms with Gasteiger partial charge in [-0.15, -0.1) is 0 Å². The van der Waals surface area contributed by atoms with Gasteiger partial charge in [-0.25, -0.2) is 13.2 Å². The van der Waals surface area contributed by atoms with Crippen LogP contribution in [0.4, 0.5) is 11.4 Å². The van der Waals surface area contributed by atoms with Gasteiger partial charge in [-0.1, -0.05) is 17.7 Å². The van der Waals surface area contributed by atoms with Gasteiger partial charge in [-0.2, -0.15) is 0 Å². The van der Waals surface area contributed by atoms with Gasteiger partial charge in [0, 0.05) is 16.9 Å². The van der Waals surface area contributed by atoms with E-state index in [4.69, 9.17) is 0 Å². The van der Waals surface area contributed by atoms with Crippen LogP contribution in [-0.2, 0) is 10.0 Å². The van der Waals surface area contributed by atoms with Crippen molar-refractivity contribution in [1.82, 2.24) is 9.97 Å². The molecular weight excluding hydrogens is 416 g/mol. The first-order valence-corrected chi connectivity index (χ1v) is 10.9. The summed E-state index contributed by atoms with van der Waals surface area (Å²) in [5.41, 5.74) is 3.99. The van der Waals surface area contributed by atoms with Crippen molar-refractivity contribution in [2.75, 3.05) is 10.0 Å². The van der Waals surface area contributed by atoms with Crippen LogP contribution in [0.5, 0.6) is 0 Å². The second-order valence-electron chi connectivity index (χ2n) is 7.24. The van der Waals surface area contributed by atoms with Crippen LogP contribution in [0.3, 0.4) is 0 Å². The van der Waals surface area contributed by atoms with Gasteiger partial charge in [-0.3, -0.25) is 9.52 Å². The first-order chi connectivity index (χ1) is 14.7. The molecule has 1 aromatic heterocycles. The fraction of sp³-hybridized carbons (Fsp3) is 0.0909. The number of aryl methyl sites for hydroxylation is 2. The summed E-state index contributed by atoms with van der Waals surface area (Å²) in [6, 6.07) is 16.2. The van der Waals surface area contributed by atoms with Crippen molar-refractivity contribution in [1.29, 1.82) is 0 Å². The second kappa shape index (κ2) is 7.77. The van der Waals surface area contributed by atoms with Gasteiger partial charge in [0.05, 0.1) is 15.9 Å². The Kier molecular flexibility index (Phi) is 5.12. The van der Waals surface area contributed by atoms with Crippen LogP contribution >= 0.6 is 0 Å². The zero-order valence-electron chi connectivity index (χ0n) is 16.8. The van der Waals surface area contributed by atoms with Crippen molar-refractivity contribution in [2.45, 2.75) is 18.7 Å². The molecule has 0 bridgehead atoms. The molecule has 0 fully saturated rings. The molecule has 0 atom stereocenters. The third kappa shape index (κ3) is 4.36. The van der Waals surface area contributed by atoms with Crippen molar-refractivity contribution >= 4 is 38.3 Å². The number of sulfonamides is 1. The van der Waals surface area contributed by atoms with Crippen molar-refractivity contribution in [3.05, 3.63) is 87.8 Å². The first kappa shape index (κ1) is 20.4. The van der Waals surface area contributed by atoms with E-state index < -0.39 is 15.7 Å². The molecule has 0 spiro atoms. The fourth-order valence-electron chi connectivity index (χ4n) is 3.23. The number of aromatic amines is 2. The van der Waals surface area contributed by atoms with E-state index in [-0.39, 0.29) is 10.8 Å². The minimum absolute atomic E-state index is 0.00640. The summed E-state index contributed by atoms with van der Waals surface area (Å²) in [5, 5.41) is 2.86. The molecule has 8 nitrogen and oxygen atoms in total. The summed E-state index contributed by atoms with van der Waals surface area (Å²) in [4.78, 5) is 29.0. The summed E-state index contributed by atoms with van der Waals surface area (Å²) in [6.45, 7) is 3.90. The number of rotatable bonds is 5. The molecule has 0 aliphatic heterocycles. The van der Waals surface area contributed by atoms with Gasteiger partial charge in [0.25, 0.3) is 15.9 Å². The van der Waals surface area contributed by atoms with Crippen LogP contribution in [0.1, 0.15) is 21.5 Å². The van der Waals surface area contributed by atoms with E-state index in [2.05, 4.69) is 20.0 Å². The number of anilines is 2. The molecule has 4 N–H and O–H groups in total. The Bertz CT molecular complexity index is 1450. The first-order valence-electron chi connectivity index (χ1n) is 9.45. The van der Waals surface area contributed by atoms with Gasteiger partial charge < -0.3 is 15.3 Å². The van der Waals surface area contributed by atoms with E-state index in [1.54, 1.807) is 12.1 Å². The maximum Gasteiger partial charge on any atom is 0.323 e. The number of benzene rings is 3. The van der Waals surface area contributed by atoms with Crippen LogP contribution < -0.4 is 15.7 Å². The standard InChI is InChI=1S/C22H20N4O4S/c1-13-3-9-18(14(2)11-13)23-21(27)15-4-6-16(7-5-15)26-31(29,30)17-8-10-19-20(12-17)25-22(28)24-19/h3-12,26H,1-2H3,(H,23,27)(H2,24,25,28). The van der Waals surface area contributed by atoms with Gasteiger partial charge in [0.2, 0.25) is 0 Å². The lowest BCUT2D eigenvalue weighted by Gasteiger charge is -2.11. The molecule has 9 heteroatoms. The van der Waals surface area contributed by atoms with Gasteiger partial charge >= 0.3 is 5.69 Å². The number of amides is 1. The fourth-order valence-corrected chi connectivity index (χ4v) is 4.32. The molecule has 4 aromatic rings. The van der Waals surface area contributed by atoms with Crippen LogP contribution in [0.15, 0.2) is 70.4 Å². The molecule has 0 aliphatic rings. The summed E-state index contributed by atoms with van der Waals surface area (Å²) in [6.07, 6.45) is 0. The molecule has 0 radical (unpaired) electrons. The van der Waals surface area contributed by atoms with Crippen molar-refractivity contribution in [3.8, 4) is 0 Å². The van der Waals surface area contributed by atoms with Gasteiger partial charge in [0.1, 0.15) is 0 Å². The number of fused-ring (bicyclic) bond motifs is 1. The third-order valence-corrected chi connectivity index (χ3v) is 6.21. The van der Waals surface area contributed by atoms with E-state index in [0.717, 1.165) is 16.8 Å². The lowest BCUT2D eigenvalue weighted by atomic mass is 10.1. The van der Waals surface area contributed by atoms with E-state index in [9.17, 15) is 18.0 Å². The highest BCUT2D eigenvalue weighted by atomic mass is 32.2. The number of imidazole rings is 1. The summed E-state index contributed by atoms with van der Waals surface area (Å²) >= 11 is 0. The highest BCUT2D eigenvalue weighted by Gasteiger charge is 2.16. The van der Waals surface area contributed by atoms with Crippen LogP contribution in [0.25, 0.3) is 11.0 Å². The molecule has 0 saturated heterocycles. The highest BCUT2D eigenvalue weighted by molar-refractivity contribution is 7.92. The molecule has 158 valence electrons. The Morgan fingerprint density at radius 3 is 2.29 bits per heavy atom. The number of hydrogen-bond donors (Lipinski definition) is 4. The van der Waals surface area contributed by atoms with Gasteiger partial charge in [0.15, 0.2) is 0 Å². The summed E-state index contributed by atoms with van der Waals surface area (Å²) < 4.78 is 27.8. The highest BCUT2D eigenvalue weighted by Crippen LogP contribution is 2.21. The average molecular weight is 436 g/mol. The number of carbonyl (C=O) groups excluding carboxylic acids is 1. The topological polar surface area (TPSA) is 124 Å². The molecule has 1 amide bonds. The number of nitrogens with one attached hydrogen (secondary N) is 4.